The van der Waals surface area contributed by atoms with Crippen LogP contribution in [0.15, 0.2) is 37.0 Å². The van der Waals surface area contributed by atoms with E-state index in [1.54, 1.807) is 6.08 Å². The first-order valence-corrected chi connectivity index (χ1v) is 9.28. The lowest BCUT2D eigenvalue weighted by atomic mass is 9.49. The molecule has 0 heterocycles. The Balaban J connectivity index is 0.000000431. The van der Waals surface area contributed by atoms with Crippen LogP contribution >= 0.6 is 0 Å². The molecule has 0 aromatic heterocycles. The summed E-state index contributed by atoms with van der Waals surface area (Å²) in [5, 5.41) is 7.60. The van der Waals surface area contributed by atoms with Gasteiger partial charge in [-0.15, -0.1) is 6.58 Å². The molecular weight excluding hydrogens is 332 g/mol. The number of carboxylic acids is 1. The van der Waals surface area contributed by atoms with Crippen LogP contribution < -0.4 is 0 Å². The summed E-state index contributed by atoms with van der Waals surface area (Å²) in [6.45, 7) is 8.82. The van der Waals surface area contributed by atoms with Gasteiger partial charge in [0.15, 0.2) is 6.79 Å². The van der Waals surface area contributed by atoms with Gasteiger partial charge in [-0.25, -0.2) is 9.59 Å². The van der Waals surface area contributed by atoms with Gasteiger partial charge in [0.25, 0.3) is 0 Å². The minimum Gasteiger partial charge on any atom is -0.478 e. The second kappa shape index (κ2) is 9.17. The van der Waals surface area contributed by atoms with Gasteiger partial charge in [-0.1, -0.05) is 18.7 Å². The Hall–Kier alpha value is -1.88. The van der Waals surface area contributed by atoms with E-state index in [0.29, 0.717) is 6.61 Å². The highest BCUT2D eigenvalue weighted by atomic mass is 16.7. The highest BCUT2D eigenvalue weighted by Gasteiger charge is 2.49. The van der Waals surface area contributed by atoms with Gasteiger partial charge in [0.2, 0.25) is 0 Å². The fourth-order valence-electron chi connectivity index (χ4n) is 5.21. The van der Waals surface area contributed by atoms with Crippen LogP contribution in [0.3, 0.4) is 0 Å². The Kier molecular flexibility index (Phi) is 7.21. The highest BCUT2D eigenvalue weighted by molar-refractivity contribution is 5.87. The van der Waals surface area contributed by atoms with E-state index in [2.05, 4.69) is 19.2 Å². The molecule has 0 spiro atoms. The van der Waals surface area contributed by atoms with E-state index in [1.807, 2.05) is 6.92 Å². The molecule has 0 aliphatic heterocycles. The predicted molar refractivity (Wildman–Crippen MR) is 99.3 cm³/mol. The lowest BCUT2D eigenvalue weighted by Gasteiger charge is -2.56. The van der Waals surface area contributed by atoms with Crippen molar-refractivity contribution in [2.75, 3.05) is 13.4 Å². The second-order valence-corrected chi connectivity index (χ2v) is 7.86. The van der Waals surface area contributed by atoms with E-state index in [4.69, 9.17) is 14.6 Å². The van der Waals surface area contributed by atoms with E-state index >= 15 is 0 Å². The number of hydrogen-bond acceptors (Lipinski definition) is 4. The number of aliphatic carboxylic acids is 1. The molecule has 144 valence electrons. The molecule has 0 aromatic carbocycles. The number of carbonyl (C=O) groups excluding carboxylic acids is 1. The number of rotatable bonds is 7. The van der Waals surface area contributed by atoms with E-state index in [-0.39, 0.29) is 18.2 Å². The van der Waals surface area contributed by atoms with Crippen molar-refractivity contribution in [3.05, 3.63) is 37.0 Å². The fourth-order valence-corrected chi connectivity index (χ4v) is 5.21. The standard InChI is InChI=1S/C18H26O3.C3H4O2/c1-3-4-20-12-21-17(19)13(2)8-18-9-14-5-15(10-18)7-16(6-14)11-18;1-2-3(4)5/h3,8,14-16H,1,4-7,9-12H2,2H3;2H,1H2,(H,4,5). The fraction of sp³-hybridized carbons (Fsp3) is 0.619. The Morgan fingerprint density at radius 3 is 2.04 bits per heavy atom. The monoisotopic (exact) mass is 362 g/mol. The first-order chi connectivity index (χ1) is 12.4. The smallest absolute Gasteiger partial charge is 0.335 e. The summed E-state index contributed by atoms with van der Waals surface area (Å²) in [6.07, 6.45) is 12.8. The summed E-state index contributed by atoms with van der Waals surface area (Å²) in [5.41, 5.74) is 1.03. The van der Waals surface area contributed by atoms with Crippen LogP contribution in [0.5, 0.6) is 0 Å². The van der Waals surface area contributed by atoms with Crippen molar-refractivity contribution in [3.63, 3.8) is 0 Å². The Morgan fingerprint density at radius 2 is 1.62 bits per heavy atom. The summed E-state index contributed by atoms with van der Waals surface area (Å²) in [6, 6.07) is 0. The third kappa shape index (κ3) is 5.56. The molecule has 0 aromatic rings. The largest absolute Gasteiger partial charge is 0.478 e. The van der Waals surface area contributed by atoms with E-state index in [1.165, 1.54) is 38.5 Å². The molecule has 0 amide bonds. The topological polar surface area (TPSA) is 72.8 Å². The molecule has 1 N–H and O–H groups in total. The number of ether oxygens (including phenoxy) is 2. The minimum absolute atomic E-state index is 0.0108. The van der Waals surface area contributed by atoms with Gasteiger partial charge >= 0.3 is 11.9 Å². The highest BCUT2D eigenvalue weighted by Crippen LogP contribution is 2.60. The predicted octanol–water partition coefficient (Wildman–Crippen LogP) is 4.11. The van der Waals surface area contributed by atoms with Gasteiger partial charge in [0.1, 0.15) is 0 Å². The Labute approximate surface area is 155 Å². The summed E-state index contributed by atoms with van der Waals surface area (Å²) < 4.78 is 10.3. The van der Waals surface area contributed by atoms with Crippen molar-refractivity contribution in [3.8, 4) is 0 Å². The number of esters is 1. The van der Waals surface area contributed by atoms with Gasteiger partial charge in [-0.2, -0.15) is 0 Å². The van der Waals surface area contributed by atoms with Crippen molar-refractivity contribution in [1.82, 2.24) is 0 Å². The summed E-state index contributed by atoms with van der Waals surface area (Å²) >= 11 is 0. The molecule has 0 saturated heterocycles. The Morgan fingerprint density at radius 1 is 1.12 bits per heavy atom. The summed E-state index contributed by atoms with van der Waals surface area (Å²) in [7, 11) is 0. The number of hydrogen-bond donors (Lipinski definition) is 1. The zero-order chi connectivity index (χ0) is 19.2. The van der Waals surface area contributed by atoms with Crippen molar-refractivity contribution in [1.29, 1.82) is 0 Å². The normalized spacial score (nSPS) is 31.6. The molecule has 4 aliphatic carbocycles. The molecule has 4 bridgehead atoms. The average Bonchev–Trinajstić information content (AvgIpc) is 2.57. The molecule has 5 heteroatoms. The number of carbonyl (C=O) groups is 2. The zero-order valence-electron chi connectivity index (χ0n) is 15.6. The molecule has 4 saturated carbocycles. The van der Waals surface area contributed by atoms with Crippen molar-refractivity contribution < 1.29 is 24.2 Å². The first kappa shape index (κ1) is 20.4. The lowest BCUT2D eigenvalue weighted by Crippen LogP contribution is -2.45. The molecule has 26 heavy (non-hydrogen) atoms. The SMILES string of the molecule is C=CC(=O)O.C=CCOCOC(=O)C(C)=CC12CC3CC(CC(C3)C1)C2. The minimum atomic E-state index is -0.981. The molecule has 0 atom stereocenters. The maximum absolute atomic E-state index is 12.0. The maximum Gasteiger partial charge on any atom is 0.335 e. The van der Waals surface area contributed by atoms with Crippen LogP contribution in [-0.2, 0) is 19.1 Å². The number of carboxylic acid groups (broad SMARTS) is 1. The van der Waals surface area contributed by atoms with Crippen LogP contribution in [0.25, 0.3) is 0 Å². The van der Waals surface area contributed by atoms with Gasteiger partial charge in [-0.3, -0.25) is 0 Å². The summed E-state index contributed by atoms with van der Waals surface area (Å²) in [4.78, 5) is 21.3. The van der Waals surface area contributed by atoms with Crippen molar-refractivity contribution in [2.24, 2.45) is 23.2 Å². The second-order valence-electron chi connectivity index (χ2n) is 7.86. The average molecular weight is 362 g/mol. The van der Waals surface area contributed by atoms with Gasteiger partial charge in [0.05, 0.1) is 6.61 Å². The molecule has 4 fully saturated rings. The van der Waals surface area contributed by atoms with E-state index in [0.717, 1.165) is 29.4 Å². The quantitative estimate of drug-likeness (QED) is 0.243. The van der Waals surface area contributed by atoms with Crippen LogP contribution in [-0.4, -0.2) is 30.4 Å². The molecule has 4 aliphatic rings. The molecule has 4 rings (SSSR count). The van der Waals surface area contributed by atoms with Gasteiger partial charge < -0.3 is 14.6 Å². The van der Waals surface area contributed by atoms with Gasteiger partial charge in [-0.05, 0) is 68.6 Å². The maximum atomic E-state index is 12.0. The lowest BCUT2D eigenvalue weighted by molar-refractivity contribution is -0.150. The number of allylic oxidation sites excluding steroid dienone is 1. The molecule has 0 radical (unpaired) electrons. The van der Waals surface area contributed by atoms with Crippen LogP contribution in [0.4, 0.5) is 0 Å². The van der Waals surface area contributed by atoms with Crippen molar-refractivity contribution in [2.45, 2.75) is 45.4 Å². The van der Waals surface area contributed by atoms with E-state index in [9.17, 15) is 9.59 Å². The van der Waals surface area contributed by atoms with Gasteiger partial charge in [0, 0.05) is 11.6 Å². The van der Waals surface area contributed by atoms with Crippen molar-refractivity contribution >= 4 is 11.9 Å². The zero-order valence-corrected chi connectivity index (χ0v) is 15.6. The molecule has 0 unspecified atom stereocenters. The van der Waals surface area contributed by atoms with Crippen LogP contribution in [0.2, 0.25) is 0 Å². The van der Waals surface area contributed by atoms with Crippen LogP contribution in [0.1, 0.15) is 45.4 Å². The Bertz CT molecular complexity index is 540. The van der Waals surface area contributed by atoms with Crippen LogP contribution in [0, 0.1) is 23.2 Å². The molecular formula is C21H30O5. The molecule has 5 nitrogen and oxygen atoms in total. The summed E-state index contributed by atoms with van der Waals surface area (Å²) in [5.74, 6) is 1.46. The first-order valence-electron chi connectivity index (χ1n) is 9.28. The van der Waals surface area contributed by atoms with E-state index < -0.39 is 5.97 Å². The third-order valence-electron chi connectivity index (χ3n) is 5.61. The third-order valence-corrected chi connectivity index (χ3v) is 5.61.